The summed E-state index contributed by atoms with van der Waals surface area (Å²) in [6, 6.07) is 0. The summed E-state index contributed by atoms with van der Waals surface area (Å²) in [6.07, 6.45) is 1.09. The molecule has 1 aliphatic carbocycles. The fourth-order valence-corrected chi connectivity index (χ4v) is 4.21. The Morgan fingerprint density at radius 1 is 1.03 bits per heavy atom. The Morgan fingerprint density at radius 3 is 1.87 bits per heavy atom. The van der Waals surface area contributed by atoms with Crippen molar-refractivity contribution in [3.63, 3.8) is 0 Å². The van der Waals surface area contributed by atoms with Crippen LogP contribution in [0.25, 0.3) is 11.1 Å². The molecule has 1 fully saturated rings. The molecule has 6 nitrogen and oxygen atoms in total. The maximum absolute atomic E-state index is 11.8. The molecule has 2 unspecified atom stereocenters. The number of nitrogens with one attached hydrogen (secondary N) is 1. The van der Waals surface area contributed by atoms with Crippen molar-refractivity contribution in [2.75, 3.05) is 19.6 Å². The van der Waals surface area contributed by atoms with E-state index < -0.39 is 17.5 Å². The van der Waals surface area contributed by atoms with Crippen molar-refractivity contribution in [1.29, 1.82) is 0 Å². The summed E-state index contributed by atoms with van der Waals surface area (Å²) in [4.78, 5) is 23.6. The van der Waals surface area contributed by atoms with Gasteiger partial charge in [0.25, 0.3) is 0 Å². The van der Waals surface area contributed by atoms with Gasteiger partial charge in [-0.2, -0.15) is 0 Å². The van der Waals surface area contributed by atoms with Crippen LogP contribution >= 0.6 is 0 Å². The molecule has 7 heteroatoms. The number of carbonyl (C=O) groups is 2. The monoisotopic (exact) mass is 451 g/mol. The van der Waals surface area contributed by atoms with E-state index in [2.05, 4.69) is 46.9 Å². The smallest absolute Gasteiger partial charge is 0.677 e. The normalized spacial score (nSPS) is 23.4. The summed E-state index contributed by atoms with van der Waals surface area (Å²) in [6.45, 7) is 18.9. The molecule has 2 N–H and O–H groups in total. The third-order valence-corrected chi connectivity index (χ3v) is 5.40. The molecule has 1 aliphatic rings. The number of rotatable bonds is 10. The topological polar surface area (TPSA) is 102 Å². The summed E-state index contributed by atoms with van der Waals surface area (Å²) in [5, 5.41) is 14.0. The number of hydrogen-bond donors (Lipinski definition) is 1. The Balaban J connectivity index is 0. The quantitative estimate of drug-likeness (QED) is 0.407. The second-order valence-corrected chi connectivity index (χ2v) is 9.76. The number of carboxylic acid groups (broad SMARTS) is 1. The number of carbonyl (C=O) groups excluding carboxylic acids is 1. The maximum atomic E-state index is 11.8. The van der Waals surface area contributed by atoms with Crippen LogP contribution < -0.4 is 51.4 Å². The molecule has 0 spiro atoms. The molecule has 0 aromatic carbocycles. The van der Waals surface area contributed by atoms with Gasteiger partial charge in [0.15, 0.2) is 0 Å². The summed E-state index contributed by atoms with van der Waals surface area (Å²) in [7, 11) is 0. The van der Waals surface area contributed by atoms with Gasteiger partial charge in [-0.15, -0.1) is 19.6 Å². The van der Waals surface area contributed by atoms with E-state index in [1.165, 1.54) is 0 Å². The average molecular weight is 452 g/mol. The molecule has 1 rings (SSSR count). The number of ether oxygens (including phenoxy) is 1. The molecule has 0 aromatic heterocycles. The fourth-order valence-electron chi connectivity index (χ4n) is 4.21. The number of carboxylic acids is 1. The van der Waals surface area contributed by atoms with E-state index in [4.69, 9.17) is 10.5 Å². The van der Waals surface area contributed by atoms with Gasteiger partial charge >= 0.3 is 63.3 Å². The van der Waals surface area contributed by atoms with E-state index in [0.717, 1.165) is 31.3 Å². The molecular formula is C23H44KN2O4-. The zero-order valence-electron chi connectivity index (χ0n) is 20.8. The predicted octanol–water partition coefficient (Wildman–Crippen LogP) is 2.81. The van der Waals surface area contributed by atoms with Gasteiger partial charge in [-0.3, -0.25) is 4.79 Å². The SMILES string of the molecule is CC(C)C1CC[C@](OC(=O)CC[NH-])(C(=O)O)C1C(C)C.CC(C)C[N-]CC(C)C.[K+]. The molecular weight excluding hydrogens is 407 g/mol. The van der Waals surface area contributed by atoms with Crippen LogP contribution in [0, 0.1) is 35.5 Å². The summed E-state index contributed by atoms with van der Waals surface area (Å²) >= 11 is 0. The van der Waals surface area contributed by atoms with Gasteiger partial charge < -0.3 is 20.9 Å². The van der Waals surface area contributed by atoms with Gasteiger partial charge in [0.05, 0.1) is 0 Å². The Kier molecular flexibility index (Phi) is 17.6. The van der Waals surface area contributed by atoms with Crippen molar-refractivity contribution in [2.45, 2.75) is 80.3 Å². The van der Waals surface area contributed by atoms with E-state index in [1.54, 1.807) is 0 Å². The third kappa shape index (κ3) is 10.9. The third-order valence-electron chi connectivity index (χ3n) is 5.40. The van der Waals surface area contributed by atoms with Gasteiger partial charge in [0.1, 0.15) is 0 Å². The molecule has 0 aromatic rings. The van der Waals surface area contributed by atoms with Gasteiger partial charge in [-0.05, 0) is 30.6 Å². The second kappa shape index (κ2) is 16.2. The molecule has 0 aliphatic heterocycles. The van der Waals surface area contributed by atoms with Crippen LogP contribution in [0.1, 0.15) is 74.7 Å². The standard InChI is InChI=1S/C15H26NO4.C8H18N.K/c1-9(2)11-5-7-15(14(18)19,13(11)10(3)4)20-12(17)6-8-16;1-7(2)5-9-6-8(3)4;/h9-11,13,16H,5-8H2,1-4H3,(H,18,19);7-8H,5-6H2,1-4H3;/q2*-1;+1/t11?,13?,15-;;/m1../s1. The first-order valence-electron chi connectivity index (χ1n) is 11.1. The van der Waals surface area contributed by atoms with E-state index in [9.17, 15) is 14.7 Å². The molecule has 3 atom stereocenters. The van der Waals surface area contributed by atoms with Crippen molar-refractivity contribution >= 4 is 11.9 Å². The van der Waals surface area contributed by atoms with E-state index >= 15 is 0 Å². The zero-order chi connectivity index (χ0) is 22.8. The molecule has 172 valence electrons. The van der Waals surface area contributed by atoms with Crippen molar-refractivity contribution in [3.05, 3.63) is 11.1 Å². The largest absolute Gasteiger partial charge is 1.00 e. The van der Waals surface area contributed by atoms with Crippen LogP contribution in [0.15, 0.2) is 0 Å². The van der Waals surface area contributed by atoms with Crippen LogP contribution in [-0.2, 0) is 14.3 Å². The fraction of sp³-hybridized carbons (Fsp3) is 0.913. The summed E-state index contributed by atoms with van der Waals surface area (Å²) < 4.78 is 5.40. The summed E-state index contributed by atoms with van der Waals surface area (Å²) in [5.41, 5.74) is 5.67. The van der Waals surface area contributed by atoms with Gasteiger partial charge in [-0.25, -0.2) is 4.79 Å². The zero-order valence-corrected chi connectivity index (χ0v) is 23.9. The molecule has 0 heterocycles. The van der Waals surface area contributed by atoms with Crippen LogP contribution in [-0.4, -0.2) is 42.3 Å². The van der Waals surface area contributed by atoms with Crippen molar-refractivity contribution < 1.29 is 70.8 Å². The Bertz CT molecular complexity index is 490. The molecule has 0 amide bonds. The van der Waals surface area contributed by atoms with Crippen LogP contribution in [0.5, 0.6) is 0 Å². The van der Waals surface area contributed by atoms with Crippen LogP contribution in [0.2, 0.25) is 0 Å². The first kappa shape index (κ1) is 32.7. The van der Waals surface area contributed by atoms with Gasteiger partial charge in [-0.1, -0.05) is 67.2 Å². The van der Waals surface area contributed by atoms with Gasteiger partial charge in [0.2, 0.25) is 5.60 Å². The Labute approximate surface area is 227 Å². The molecule has 1 saturated carbocycles. The number of hydrogen-bond acceptors (Lipinski definition) is 3. The Morgan fingerprint density at radius 2 is 1.53 bits per heavy atom. The van der Waals surface area contributed by atoms with E-state index in [1.807, 2.05) is 13.8 Å². The predicted molar refractivity (Wildman–Crippen MR) is 119 cm³/mol. The van der Waals surface area contributed by atoms with E-state index in [-0.39, 0.29) is 82.1 Å². The van der Waals surface area contributed by atoms with Crippen molar-refractivity contribution in [2.24, 2.45) is 35.5 Å². The first-order chi connectivity index (χ1) is 13.4. The minimum absolute atomic E-state index is 0. The Hall–Kier alpha value is 0.496. The second-order valence-electron chi connectivity index (χ2n) is 9.76. The molecule has 0 saturated heterocycles. The van der Waals surface area contributed by atoms with Crippen LogP contribution in [0.3, 0.4) is 0 Å². The average Bonchev–Trinajstić information content (AvgIpc) is 2.96. The van der Waals surface area contributed by atoms with Crippen LogP contribution in [0.4, 0.5) is 0 Å². The van der Waals surface area contributed by atoms with E-state index in [0.29, 0.717) is 12.3 Å². The first-order valence-corrected chi connectivity index (χ1v) is 11.1. The number of esters is 1. The molecule has 0 radical (unpaired) electrons. The number of nitrogens with zero attached hydrogens (tertiary/aromatic N) is 1. The van der Waals surface area contributed by atoms with Gasteiger partial charge in [0, 0.05) is 12.3 Å². The number of aliphatic carboxylic acids is 1. The minimum Gasteiger partial charge on any atom is -0.677 e. The maximum Gasteiger partial charge on any atom is 1.00 e. The summed E-state index contributed by atoms with van der Waals surface area (Å²) in [5.74, 6) is 0.399. The minimum atomic E-state index is -1.41. The van der Waals surface area contributed by atoms with Crippen molar-refractivity contribution in [3.8, 4) is 0 Å². The molecule has 30 heavy (non-hydrogen) atoms. The van der Waals surface area contributed by atoms with Crippen molar-refractivity contribution in [1.82, 2.24) is 0 Å². The molecule has 0 bridgehead atoms.